The van der Waals surface area contributed by atoms with Gasteiger partial charge in [-0.2, -0.15) is 0 Å². The summed E-state index contributed by atoms with van der Waals surface area (Å²) in [6.45, 7) is 2.29. The summed E-state index contributed by atoms with van der Waals surface area (Å²) in [5, 5.41) is 9.00. The summed E-state index contributed by atoms with van der Waals surface area (Å²) in [6.07, 6.45) is 1.73. The van der Waals surface area contributed by atoms with Crippen LogP contribution in [0, 0.1) is 0 Å². The van der Waals surface area contributed by atoms with Crippen LogP contribution < -0.4 is 16.0 Å². The first-order valence-electron chi connectivity index (χ1n) is 8.90. The molecule has 0 bridgehead atoms. The van der Waals surface area contributed by atoms with Crippen molar-refractivity contribution in [3.8, 4) is 0 Å². The molecule has 0 fully saturated rings. The van der Waals surface area contributed by atoms with Gasteiger partial charge in [-0.15, -0.1) is 0 Å². The van der Waals surface area contributed by atoms with Gasteiger partial charge in [0.05, 0.1) is 11.6 Å². The second-order valence-corrected chi connectivity index (χ2v) is 6.91. The van der Waals surface area contributed by atoms with Gasteiger partial charge >= 0.3 is 6.03 Å². The summed E-state index contributed by atoms with van der Waals surface area (Å²) in [5.41, 5.74) is 3.05. The van der Waals surface area contributed by atoms with Crippen molar-refractivity contribution in [2.24, 2.45) is 0 Å². The Labute approximate surface area is 163 Å². The normalized spacial score (nSPS) is 16.5. The lowest BCUT2D eigenvalue weighted by atomic mass is 9.95. The van der Waals surface area contributed by atoms with Crippen LogP contribution in [0.4, 0.5) is 4.79 Å². The number of allylic oxidation sites excluding steroid dienone is 1. The van der Waals surface area contributed by atoms with E-state index in [4.69, 9.17) is 11.6 Å². The lowest BCUT2D eigenvalue weighted by Gasteiger charge is -2.28. The Hall–Kier alpha value is -2.79. The number of hydrogen-bond acceptors (Lipinski definition) is 2. The number of urea groups is 1. The highest BCUT2D eigenvalue weighted by Crippen LogP contribution is 2.28. The van der Waals surface area contributed by atoms with Gasteiger partial charge in [0.25, 0.3) is 5.91 Å². The fraction of sp³-hybridized carbons (Fsp3) is 0.238. The lowest BCUT2D eigenvalue weighted by molar-refractivity contribution is -0.117. The maximum absolute atomic E-state index is 12.8. The van der Waals surface area contributed by atoms with E-state index in [0.717, 1.165) is 18.4 Å². The molecule has 0 aromatic heterocycles. The van der Waals surface area contributed by atoms with E-state index in [1.807, 2.05) is 24.3 Å². The number of halogens is 1. The number of aryl methyl sites for hydroxylation is 1. The molecule has 1 heterocycles. The monoisotopic (exact) mass is 383 g/mol. The molecule has 1 unspecified atom stereocenters. The van der Waals surface area contributed by atoms with E-state index < -0.39 is 6.04 Å². The zero-order chi connectivity index (χ0) is 19.2. The van der Waals surface area contributed by atoms with E-state index >= 15 is 0 Å². The minimum atomic E-state index is -0.536. The Morgan fingerprint density at radius 3 is 2.67 bits per heavy atom. The molecule has 1 aliphatic rings. The second kappa shape index (κ2) is 8.73. The fourth-order valence-corrected chi connectivity index (χ4v) is 3.36. The van der Waals surface area contributed by atoms with Crippen LogP contribution in [0.1, 0.15) is 30.5 Å². The van der Waals surface area contributed by atoms with Gasteiger partial charge in [0, 0.05) is 17.3 Å². The van der Waals surface area contributed by atoms with Crippen LogP contribution in [-0.2, 0) is 11.2 Å². The molecule has 140 valence electrons. The predicted molar refractivity (Wildman–Crippen MR) is 106 cm³/mol. The predicted octanol–water partition coefficient (Wildman–Crippen LogP) is 3.72. The highest BCUT2D eigenvalue weighted by molar-refractivity contribution is 6.30. The van der Waals surface area contributed by atoms with Gasteiger partial charge in [-0.3, -0.25) is 4.79 Å². The van der Waals surface area contributed by atoms with Crippen molar-refractivity contribution in [3.63, 3.8) is 0 Å². The quantitative estimate of drug-likeness (QED) is 0.665. The molecule has 0 aliphatic carbocycles. The molecule has 3 rings (SSSR count). The smallest absolute Gasteiger partial charge is 0.319 e. The summed E-state index contributed by atoms with van der Waals surface area (Å²) in [5.74, 6) is -0.196. The van der Waals surface area contributed by atoms with Crippen molar-refractivity contribution < 1.29 is 9.59 Å². The Kier molecular flexibility index (Phi) is 6.14. The molecule has 1 atom stereocenters. The molecule has 0 spiro atoms. The molecule has 5 nitrogen and oxygen atoms in total. The Bertz CT molecular complexity index is 865. The summed E-state index contributed by atoms with van der Waals surface area (Å²) >= 11 is 6.08. The zero-order valence-electron chi connectivity index (χ0n) is 15.1. The number of rotatable bonds is 6. The van der Waals surface area contributed by atoms with Crippen LogP contribution >= 0.6 is 11.6 Å². The van der Waals surface area contributed by atoms with Crippen LogP contribution in [0.15, 0.2) is 65.9 Å². The van der Waals surface area contributed by atoms with Gasteiger partial charge in [-0.25, -0.2) is 4.79 Å². The van der Waals surface area contributed by atoms with Gasteiger partial charge in [0.2, 0.25) is 0 Å². The molecule has 3 amide bonds. The molecule has 0 saturated carbocycles. The minimum absolute atomic E-state index is 0.196. The summed E-state index contributed by atoms with van der Waals surface area (Å²) in [7, 11) is 0. The molecular formula is C21H22ClN3O2. The standard InChI is InChI=1S/C21H22ClN3O2/c1-14-18(20(26)23-12-6-9-15-7-3-2-4-8-15)19(25-21(27)24-14)16-10-5-11-17(22)13-16/h2-5,7-8,10-11,13,19H,6,9,12H2,1H3,(H,23,26)(H2,24,25,27). The SMILES string of the molecule is CC1=C(C(=O)NCCCc2ccccc2)C(c2cccc(Cl)c2)NC(=O)N1. The molecule has 2 aromatic carbocycles. The third kappa shape index (κ3) is 4.89. The first-order chi connectivity index (χ1) is 13.0. The van der Waals surface area contributed by atoms with Gasteiger partial charge in [0.15, 0.2) is 0 Å². The molecule has 0 saturated heterocycles. The van der Waals surface area contributed by atoms with E-state index in [1.54, 1.807) is 25.1 Å². The number of carbonyl (C=O) groups is 2. The molecule has 2 aromatic rings. The van der Waals surface area contributed by atoms with E-state index in [0.29, 0.717) is 22.8 Å². The zero-order valence-corrected chi connectivity index (χ0v) is 15.8. The first-order valence-corrected chi connectivity index (χ1v) is 9.28. The molecule has 6 heteroatoms. The van der Waals surface area contributed by atoms with E-state index in [-0.39, 0.29) is 11.9 Å². The Morgan fingerprint density at radius 2 is 1.93 bits per heavy atom. The maximum Gasteiger partial charge on any atom is 0.319 e. The molecule has 3 N–H and O–H groups in total. The lowest BCUT2D eigenvalue weighted by Crippen LogP contribution is -2.47. The van der Waals surface area contributed by atoms with Crippen molar-refractivity contribution >= 4 is 23.5 Å². The fourth-order valence-electron chi connectivity index (χ4n) is 3.17. The van der Waals surface area contributed by atoms with Crippen molar-refractivity contribution in [2.75, 3.05) is 6.54 Å². The topological polar surface area (TPSA) is 70.2 Å². The molecular weight excluding hydrogens is 362 g/mol. The van der Waals surface area contributed by atoms with Gasteiger partial charge in [-0.05, 0) is 43.0 Å². The van der Waals surface area contributed by atoms with Crippen LogP contribution in [0.3, 0.4) is 0 Å². The van der Waals surface area contributed by atoms with Gasteiger partial charge in [-0.1, -0.05) is 54.1 Å². The van der Waals surface area contributed by atoms with Gasteiger partial charge < -0.3 is 16.0 Å². The summed E-state index contributed by atoms with van der Waals surface area (Å²) in [6, 6.07) is 16.4. The average Bonchev–Trinajstić information content (AvgIpc) is 2.65. The van der Waals surface area contributed by atoms with E-state index in [1.165, 1.54) is 5.56 Å². The van der Waals surface area contributed by atoms with Crippen LogP contribution in [0.25, 0.3) is 0 Å². The third-order valence-corrected chi connectivity index (χ3v) is 4.70. The van der Waals surface area contributed by atoms with Crippen molar-refractivity contribution in [1.29, 1.82) is 0 Å². The van der Waals surface area contributed by atoms with E-state index in [9.17, 15) is 9.59 Å². The maximum atomic E-state index is 12.8. The number of hydrogen-bond donors (Lipinski definition) is 3. The Morgan fingerprint density at radius 1 is 1.15 bits per heavy atom. The number of amides is 3. The van der Waals surface area contributed by atoms with Crippen molar-refractivity contribution in [1.82, 2.24) is 16.0 Å². The number of carbonyl (C=O) groups excluding carboxylic acids is 2. The molecule has 1 aliphatic heterocycles. The van der Waals surface area contributed by atoms with Crippen LogP contribution in [-0.4, -0.2) is 18.5 Å². The number of nitrogens with one attached hydrogen (secondary N) is 3. The number of benzene rings is 2. The first kappa shape index (κ1) is 19.0. The van der Waals surface area contributed by atoms with Crippen molar-refractivity contribution in [3.05, 3.63) is 82.0 Å². The van der Waals surface area contributed by atoms with Crippen molar-refractivity contribution in [2.45, 2.75) is 25.8 Å². The largest absolute Gasteiger partial charge is 0.352 e. The molecule has 0 radical (unpaired) electrons. The highest BCUT2D eigenvalue weighted by atomic mass is 35.5. The van der Waals surface area contributed by atoms with Gasteiger partial charge in [0.1, 0.15) is 0 Å². The summed E-state index contributed by atoms with van der Waals surface area (Å²) in [4.78, 5) is 24.7. The van der Waals surface area contributed by atoms with Crippen LogP contribution in [0.5, 0.6) is 0 Å². The highest BCUT2D eigenvalue weighted by Gasteiger charge is 2.30. The summed E-state index contributed by atoms with van der Waals surface area (Å²) < 4.78 is 0. The minimum Gasteiger partial charge on any atom is -0.352 e. The second-order valence-electron chi connectivity index (χ2n) is 6.47. The molecule has 27 heavy (non-hydrogen) atoms. The van der Waals surface area contributed by atoms with E-state index in [2.05, 4.69) is 28.1 Å². The Balaban J connectivity index is 1.68. The average molecular weight is 384 g/mol. The third-order valence-electron chi connectivity index (χ3n) is 4.47. The van der Waals surface area contributed by atoms with Crippen LogP contribution in [0.2, 0.25) is 5.02 Å².